The summed E-state index contributed by atoms with van der Waals surface area (Å²) in [6, 6.07) is 0.420. The average molecular weight is 195 g/mol. The standard InChI is InChI=1S/C10H17N3O/c14-10(13-9-1-2-9)12-7-8-3-5-11-6-4-8/h3,9,11H,1-2,4-7H2,(H2,12,13,14). The molecule has 2 amide bonds. The minimum atomic E-state index is -0.0214. The molecule has 0 radical (unpaired) electrons. The highest BCUT2D eigenvalue weighted by atomic mass is 16.2. The van der Waals surface area contributed by atoms with E-state index in [4.69, 9.17) is 0 Å². The zero-order valence-electron chi connectivity index (χ0n) is 8.31. The summed E-state index contributed by atoms with van der Waals surface area (Å²) < 4.78 is 0. The Bertz CT molecular complexity index is 246. The van der Waals surface area contributed by atoms with Crippen LogP contribution >= 0.6 is 0 Å². The Morgan fingerprint density at radius 3 is 3.07 bits per heavy atom. The van der Waals surface area contributed by atoms with Crippen LogP contribution < -0.4 is 16.0 Å². The summed E-state index contributed by atoms with van der Waals surface area (Å²) >= 11 is 0. The first-order valence-electron chi connectivity index (χ1n) is 5.27. The van der Waals surface area contributed by atoms with E-state index in [1.165, 1.54) is 5.57 Å². The van der Waals surface area contributed by atoms with Gasteiger partial charge in [-0.1, -0.05) is 11.6 Å². The SMILES string of the molecule is O=C(NCC1=CCNCC1)NC1CC1. The number of carbonyl (C=O) groups is 1. The average Bonchev–Trinajstić information content (AvgIpc) is 3.00. The third-order valence-corrected chi connectivity index (χ3v) is 2.55. The number of nitrogens with one attached hydrogen (secondary N) is 3. The Morgan fingerprint density at radius 2 is 2.43 bits per heavy atom. The van der Waals surface area contributed by atoms with E-state index in [2.05, 4.69) is 22.0 Å². The Hall–Kier alpha value is -1.03. The summed E-state index contributed by atoms with van der Waals surface area (Å²) in [5, 5.41) is 9.02. The van der Waals surface area contributed by atoms with Gasteiger partial charge in [0.1, 0.15) is 0 Å². The number of hydrogen-bond acceptors (Lipinski definition) is 2. The molecule has 0 aromatic carbocycles. The van der Waals surface area contributed by atoms with Crippen LogP contribution in [0.2, 0.25) is 0 Å². The minimum absolute atomic E-state index is 0.0214. The zero-order valence-corrected chi connectivity index (χ0v) is 8.31. The number of rotatable bonds is 3. The van der Waals surface area contributed by atoms with Crippen LogP contribution in [0.3, 0.4) is 0 Å². The van der Waals surface area contributed by atoms with Crippen molar-refractivity contribution >= 4 is 6.03 Å². The number of hydrogen-bond donors (Lipinski definition) is 3. The lowest BCUT2D eigenvalue weighted by atomic mass is 10.1. The van der Waals surface area contributed by atoms with Gasteiger partial charge in [0.25, 0.3) is 0 Å². The molecule has 2 aliphatic rings. The van der Waals surface area contributed by atoms with E-state index in [-0.39, 0.29) is 6.03 Å². The van der Waals surface area contributed by atoms with E-state index >= 15 is 0 Å². The van der Waals surface area contributed by atoms with Crippen molar-refractivity contribution in [3.63, 3.8) is 0 Å². The van der Waals surface area contributed by atoms with Gasteiger partial charge in [-0.3, -0.25) is 0 Å². The van der Waals surface area contributed by atoms with Gasteiger partial charge in [-0.15, -0.1) is 0 Å². The molecule has 0 spiro atoms. The van der Waals surface area contributed by atoms with Crippen LogP contribution in [-0.2, 0) is 0 Å². The van der Waals surface area contributed by atoms with Crippen LogP contribution in [-0.4, -0.2) is 31.7 Å². The molecule has 0 aromatic heterocycles. The second kappa shape index (κ2) is 4.46. The first-order valence-corrected chi connectivity index (χ1v) is 5.27. The molecule has 4 heteroatoms. The van der Waals surface area contributed by atoms with Gasteiger partial charge < -0.3 is 16.0 Å². The van der Waals surface area contributed by atoms with E-state index < -0.39 is 0 Å². The van der Waals surface area contributed by atoms with Gasteiger partial charge in [-0.05, 0) is 25.8 Å². The monoisotopic (exact) mass is 195 g/mol. The molecule has 2 rings (SSSR count). The fraction of sp³-hybridized carbons (Fsp3) is 0.700. The molecule has 1 aliphatic carbocycles. The topological polar surface area (TPSA) is 53.2 Å². The van der Waals surface area contributed by atoms with Crippen molar-refractivity contribution in [3.05, 3.63) is 11.6 Å². The zero-order chi connectivity index (χ0) is 9.80. The van der Waals surface area contributed by atoms with Gasteiger partial charge in [0, 0.05) is 19.1 Å². The lowest BCUT2D eigenvalue weighted by Gasteiger charge is -2.14. The Morgan fingerprint density at radius 1 is 1.57 bits per heavy atom. The van der Waals surface area contributed by atoms with Crippen LogP contribution in [0.5, 0.6) is 0 Å². The molecule has 78 valence electrons. The first kappa shape index (κ1) is 9.52. The molecule has 14 heavy (non-hydrogen) atoms. The van der Waals surface area contributed by atoms with Gasteiger partial charge in [0.2, 0.25) is 0 Å². The molecule has 1 fully saturated rings. The molecule has 1 heterocycles. The highest BCUT2D eigenvalue weighted by molar-refractivity contribution is 5.74. The van der Waals surface area contributed by atoms with Crippen molar-refractivity contribution in [2.75, 3.05) is 19.6 Å². The van der Waals surface area contributed by atoms with Crippen LogP contribution in [0.4, 0.5) is 4.79 Å². The van der Waals surface area contributed by atoms with Crippen LogP contribution in [0, 0.1) is 0 Å². The van der Waals surface area contributed by atoms with Crippen LogP contribution in [0.1, 0.15) is 19.3 Å². The molecular formula is C10H17N3O. The molecular weight excluding hydrogens is 178 g/mol. The fourth-order valence-electron chi connectivity index (χ4n) is 1.49. The second-order valence-electron chi connectivity index (χ2n) is 3.92. The second-order valence-corrected chi connectivity index (χ2v) is 3.92. The molecule has 4 nitrogen and oxygen atoms in total. The van der Waals surface area contributed by atoms with Crippen molar-refractivity contribution in [1.29, 1.82) is 0 Å². The Labute approximate surface area is 84.1 Å². The molecule has 1 saturated carbocycles. The molecule has 0 atom stereocenters. The Balaban J connectivity index is 1.64. The maximum atomic E-state index is 11.3. The highest BCUT2D eigenvalue weighted by Crippen LogP contribution is 2.18. The molecule has 0 aromatic rings. The van der Waals surface area contributed by atoms with Crippen molar-refractivity contribution in [2.24, 2.45) is 0 Å². The third-order valence-electron chi connectivity index (χ3n) is 2.55. The molecule has 3 N–H and O–H groups in total. The predicted molar refractivity (Wildman–Crippen MR) is 55.1 cm³/mol. The molecule has 0 unspecified atom stereocenters. The van der Waals surface area contributed by atoms with Gasteiger partial charge in [-0.25, -0.2) is 4.79 Å². The minimum Gasteiger partial charge on any atom is -0.335 e. The number of carbonyl (C=O) groups excluding carboxylic acids is 1. The molecule has 1 aliphatic heterocycles. The summed E-state index contributed by atoms with van der Waals surface area (Å²) in [7, 11) is 0. The summed E-state index contributed by atoms with van der Waals surface area (Å²) in [6.45, 7) is 2.65. The van der Waals surface area contributed by atoms with E-state index in [0.717, 1.165) is 32.4 Å². The van der Waals surface area contributed by atoms with Crippen molar-refractivity contribution < 1.29 is 4.79 Å². The van der Waals surface area contributed by atoms with E-state index in [1.807, 2.05) is 0 Å². The lowest BCUT2D eigenvalue weighted by molar-refractivity contribution is 0.241. The third kappa shape index (κ3) is 3.03. The smallest absolute Gasteiger partial charge is 0.315 e. The number of urea groups is 1. The lowest BCUT2D eigenvalue weighted by Crippen LogP contribution is -2.38. The first-order chi connectivity index (χ1) is 6.84. The van der Waals surface area contributed by atoms with Crippen LogP contribution in [0.15, 0.2) is 11.6 Å². The summed E-state index contributed by atoms with van der Waals surface area (Å²) in [4.78, 5) is 11.3. The molecule has 0 bridgehead atoms. The van der Waals surface area contributed by atoms with E-state index in [0.29, 0.717) is 12.6 Å². The van der Waals surface area contributed by atoms with E-state index in [1.54, 1.807) is 0 Å². The summed E-state index contributed by atoms with van der Waals surface area (Å²) in [5.74, 6) is 0. The Kier molecular flexibility index (Phi) is 3.03. The predicted octanol–water partition coefficient (Wildman–Crippen LogP) is 0.368. The van der Waals surface area contributed by atoms with Crippen LogP contribution in [0.25, 0.3) is 0 Å². The van der Waals surface area contributed by atoms with Crippen molar-refractivity contribution in [2.45, 2.75) is 25.3 Å². The van der Waals surface area contributed by atoms with Crippen molar-refractivity contribution in [1.82, 2.24) is 16.0 Å². The largest absolute Gasteiger partial charge is 0.335 e. The fourth-order valence-corrected chi connectivity index (χ4v) is 1.49. The summed E-state index contributed by atoms with van der Waals surface area (Å²) in [6.07, 6.45) is 5.48. The van der Waals surface area contributed by atoms with Gasteiger partial charge in [-0.2, -0.15) is 0 Å². The van der Waals surface area contributed by atoms with Crippen molar-refractivity contribution in [3.8, 4) is 0 Å². The summed E-state index contributed by atoms with van der Waals surface area (Å²) in [5.41, 5.74) is 1.33. The maximum Gasteiger partial charge on any atom is 0.315 e. The van der Waals surface area contributed by atoms with Gasteiger partial charge in [0.05, 0.1) is 0 Å². The highest BCUT2D eigenvalue weighted by Gasteiger charge is 2.22. The maximum absolute atomic E-state index is 11.3. The molecule has 0 saturated heterocycles. The quantitative estimate of drug-likeness (QED) is 0.570. The normalized spacial score (nSPS) is 21.3. The number of amides is 2. The van der Waals surface area contributed by atoms with Gasteiger partial charge in [0.15, 0.2) is 0 Å². The van der Waals surface area contributed by atoms with E-state index in [9.17, 15) is 4.79 Å². The van der Waals surface area contributed by atoms with Gasteiger partial charge >= 0.3 is 6.03 Å².